The molecule has 0 bridgehead atoms. The van der Waals surface area contributed by atoms with Gasteiger partial charge in [0.05, 0.1) is 20.2 Å². The molecule has 2 N–H and O–H groups in total. The highest BCUT2D eigenvalue weighted by atomic mass is 32.1. The smallest absolute Gasteiger partial charge is 0.279 e. The van der Waals surface area contributed by atoms with Crippen LogP contribution in [0.5, 0.6) is 11.5 Å². The standard InChI is InChI=1S/C17H19N3O3S/c1-22-13-4-6-14(7-5-13)23-12-17(21)20-9-8-16(19-20)18-11-15-3-2-10-24-15/h2-8,10,18-19H,9,11-12H2,1H3. The maximum atomic E-state index is 12.2. The molecule has 126 valence electrons. The van der Waals surface area contributed by atoms with E-state index in [2.05, 4.69) is 16.8 Å². The first-order chi connectivity index (χ1) is 11.7. The Morgan fingerprint density at radius 2 is 2.08 bits per heavy atom. The summed E-state index contributed by atoms with van der Waals surface area (Å²) < 4.78 is 10.6. The van der Waals surface area contributed by atoms with Crippen LogP contribution in [-0.4, -0.2) is 31.2 Å². The van der Waals surface area contributed by atoms with E-state index in [0.717, 1.165) is 18.1 Å². The number of carbonyl (C=O) groups is 1. The molecule has 1 aromatic heterocycles. The van der Waals surface area contributed by atoms with Crippen molar-refractivity contribution in [2.24, 2.45) is 0 Å². The molecule has 0 radical (unpaired) electrons. The largest absolute Gasteiger partial charge is 0.497 e. The number of hydrogen-bond donors (Lipinski definition) is 2. The van der Waals surface area contributed by atoms with Crippen LogP contribution in [0.1, 0.15) is 4.88 Å². The van der Waals surface area contributed by atoms with Crippen LogP contribution in [0.4, 0.5) is 0 Å². The predicted molar refractivity (Wildman–Crippen MR) is 92.6 cm³/mol. The van der Waals surface area contributed by atoms with E-state index in [-0.39, 0.29) is 12.5 Å². The van der Waals surface area contributed by atoms with Gasteiger partial charge in [-0.1, -0.05) is 6.07 Å². The van der Waals surface area contributed by atoms with Crippen molar-refractivity contribution < 1.29 is 14.3 Å². The molecule has 0 aliphatic carbocycles. The topological polar surface area (TPSA) is 62.8 Å². The average molecular weight is 345 g/mol. The van der Waals surface area contributed by atoms with Crippen LogP contribution in [0.2, 0.25) is 0 Å². The second-order valence-electron chi connectivity index (χ2n) is 5.13. The van der Waals surface area contributed by atoms with Gasteiger partial charge in [-0.25, -0.2) is 5.01 Å². The van der Waals surface area contributed by atoms with Gasteiger partial charge in [0.15, 0.2) is 6.61 Å². The number of benzene rings is 1. The van der Waals surface area contributed by atoms with Gasteiger partial charge in [-0.2, -0.15) is 0 Å². The molecule has 2 aromatic rings. The Hall–Kier alpha value is -2.67. The van der Waals surface area contributed by atoms with Gasteiger partial charge in [0.1, 0.15) is 17.3 Å². The fourth-order valence-electron chi connectivity index (χ4n) is 2.19. The predicted octanol–water partition coefficient (Wildman–Crippen LogP) is 2.11. The number of hydrazine groups is 1. The number of nitrogens with one attached hydrogen (secondary N) is 2. The Bertz CT molecular complexity index is 698. The molecule has 1 aliphatic heterocycles. The maximum Gasteiger partial charge on any atom is 0.279 e. The molecule has 24 heavy (non-hydrogen) atoms. The number of nitrogens with zero attached hydrogens (tertiary/aromatic N) is 1. The summed E-state index contributed by atoms with van der Waals surface area (Å²) in [4.78, 5) is 13.4. The first-order valence-corrected chi connectivity index (χ1v) is 8.43. The number of thiophene rings is 1. The van der Waals surface area contributed by atoms with Crippen LogP contribution in [0.25, 0.3) is 0 Å². The molecule has 0 saturated carbocycles. The molecular weight excluding hydrogens is 326 g/mol. The molecule has 0 unspecified atom stereocenters. The minimum atomic E-state index is -0.130. The van der Waals surface area contributed by atoms with Crippen LogP contribution < -0.4 is 20.2 Å². The Morgan fingerprint density at radius 1 is 1.29 bits per heavy atom. The third-order valence-electron chi connectivity index (χ3n) is 3.49. The van der Waals surface area contributed by atoms with E-state index in [1.807, 2.05) is 17.5 Å². The van der Waals surface area contributed by atoms with Gasteiger partial charge in [-0.3, -0.25) is 10.2 Å². The van der Waals surface area contributed by atoms with Gasteiger partial charge in [-0.05, 0) is 41.8 Å². The molecule has 3 rings (SSSR count). The van der Waals surface area contributed by atoms with Crippen LogP contribution >= 0.6 is 11.3 Å². The third kappa shape index (κ3) is 4.20. The van der Waals surface area contributed by atoms with Crippen molar-refractivity contribution >= 4 is 17.2 Å². The summed E-state index contributed by atoms with van der Waals surface area (Å²) in [6.45, 7) is 1.23. The number of amides is 1. The zero-order valence-corrected chi connectivity index (χ0v) is 14.1. The molecule has 1 amide bonds. The average Bonchev–Trinajstić information content (AvgIpc) is 3.30. The molecule has 1 aliphatic rings. The van der Waals surface area contributed by atoms with E-state index in [1.54, 1.807) is 42.7 Å². The molecule has 2 heterocycles. The minimum Gasteiger partial charge on any atom is -0.497 e. The van der Waals surface area contributed by atoms with Crippen molar-refractivity contribution in [3.05, 3.63) is 58.6 Å². The first-order valence-electron chi connectivity index (χ1n) is 7.55. The number of carbonyl (C=O) groups excluding carboxylic acids is 1. The maximum absolute atomic E-state index is 12.2. The lowest BCUT2D eigenvalue weighted by Crippen LogP contribution is -2.42. The fraction of sp³-hybridized carbons (Fsp3) is 0.235. The molecule has 0 atom stereocenters. The summed E-state index contributed by atoms with van der Waals surface area (Å²) >= 11 is 1.69. The summed E-state index contributed by atoms with van der Waals surface area (Å²) in [5.41, 5.74) is 3.05. The lowest BCUT2D eigenvalue weighted by molar-refractivity contribution is -0.134. The molecule has 0 spiro atoms. The molecule has 0 saturated heterocycles. The van der Waals surface area contributed by atoms with Crippen LogP contribution in [0.3, 0.4) is 0 Å². The zero-order valence-electron chi connectivity index (χ0n) is 13.3. The fourth-order valence-corrected chi connectivity index (χ4v) is 2.83. The monoisotopic (exact) mass is 345 g/mol. The molecule has 1 aromatic carbocycles. The lowest BCUT2D eigenvalue weighted by Gasteiger charge is -2.19. The Morgan fingerprint density at radius 3 is 2.79 bits per heavy atom. The van der Waals surface area contributed by atoms with E-state index < -0.39 is 0 Å². The highest BCUT2D eigenvalue weighted by Crippen LogP contribution is 2.17. The van der Waals surface area contributed by atoms with E-state index in [1.165, 1.54) is 9.89 Å². The lowest BCUT2D eigenvalue weighted by atomic mass is 10.3. The van der Waals surface area contributed by atoms with Gasteiger partial charge in [0, 0.05) is 4.88 Å². The zero-order chi connectivity index (χ0) is 16.8. The molecular formula is C17H19N3O3S. The van der Waals surface area contributed by atoms with E-state index >= 15 is 0 Å². The van der Waals surface area contributed by atoms with E-state index in [4.69, 9.17) is 9.47 Å². The van der Waals surface area contributed by atoms with Crippen molar-refractivity contribution in [3.63, 3.8) is 0 Å². The van der Waals surface area contributed by atoms with E-state index in [0.29, 0.717) is 12.3 Å². The Balaban J connectivity index is 1.41. The third-order valence-corrected chi connectivity index (χ3v) is 4.37. The minimum absolute atomic E-state index is 0.0224. The number of ether oxygens (including phenoxy) is 2. The van der Waals surface area contributed by atoms with Gasteiger partial charge in [-0.15, -0.1) is 11.3 Å². The van der Waals surface area contributed by atoms with Gasteiger partial charge in [0.2, 0.25) is 0 Å². The highest BCUT2D eigenvalue weighted by molar-refractivity contribution is 7.09. The van der Waals surface area contributed by atoms with Gasteiger partial charge in [0.25, 0.3) is 5.91 Å². The van der Waals surface area contributed by atoms with Gasteiger partial charge < -0.3 is 14.8 Å². The number of methoxy groups -OCH3 is 1. The van der Waals surface area contributed by atoms with Crippen LogP contribution in [0, 0.1) is 0 Å². The molecule has 0 fully saturated rings. The summed E-state index contributed by atoms with van der Waals surface area (Å²) in [5.74, 6) is 2.09. The first kappa shape index (κ1) is 16.2. The highest BCUT2D eigenvalue weighted by Gasteiger charge is 2.19. The quantitative estimate of drug-likeness (QED) is 0.805. The van der Waals surface area contributed by atoms with Crippen LogP contribution in [0.15, 0.2) is 53.7 Å². The summed E-state index contributed by atoms with van der Waals surface area (Å²) in [6, 6.07) is 11.2. The summed E-state index contributed by atoms with van der Waals surface area (Å²) in [7, 11) is 1.61. The van der Waals surface area contributed by atoms with E-state index in [9.17, 15) is 4.79 Å². The SMILES string of the molecule is COc1ccc(OCC(=O)N2CC=C(NCc3cccs3)N2)cc1. The number of hydrogen-bond acceptors (Lipinski definition) is 6. The second kappa shape index (κ2) is 7.74. The normalized spacial score (nSPS) is 13.2. The Labute approximate surface area is 144 Å². The second-order valence-corrected chi connectivity index (χ2v) is 6.16. The van der Waals surface area contributed by atoms with Crippen molar-refractivity contribution in [1.82, 2.24) is 15.8 Å². The van der Waals surface area contributed by atoms with Crippen molar-refractivity contribution in [2.45, 2.75) is 6.54 Å². The molecule has 6 nitrogen and oxygen atoms in total. The van der Waals surface area contributed by atoms with Gasteiger partial charge >= 0.3 is 0 Å². The Kier molecular flexibility index (Phi) is 5.22. The number of rotatable bonds is 7. The summed E-state index contributed by atoms with van der Waals surface area (Å²) in [5, 5.41) is 6.84. The van der Waals surface area contributed by atoms with Crippen molar-refractivity contribution in [2.75, 3.05) is 20.3 Å². The van der Waals surface area contributed by atoms with Crippen LogP contribution in [-0.2, 0) is 11.3 Å². The molecule has 7 heteroatoms. The van der Waals surface area contributed by atoms with Crippen molar-refractivity contribution in [1.29, 1.82) is 0 Å². The summed E-state index contributed by atoms with van der Waals surface area (Å²) in [6.07, 6.45) is 1.94. The van der Waals surface area contributed by atoms with Crippen molar-refractivity contribution in [3.8, 4) is 11.5 Å².